The van der Waals surface area contributed by atoms with Crippen molar-refractivity contribution in [1.82, 2.24) is 10.2 Å². The third-order valence-electron chi connectivity index (χ3n) is 5.34. The molecule has 2 aliphatic rings. The lowest BCUT2D eigenvalue weighted by Gasteiger charge is -2.29. The Morgan fingerprint density at radius 3 is 2.76 bits per heavy atom. The number of piperidine rings is 1. The molecule has 0 spiro atoms. The summed E-state index contributed by atoms with van der Waals surface area (Å²) >= 11 is 0. The molecule has 156 valence electrons. The average molecular weight is 401 g/mol. The number of fused-ring (bicyclic) bond motifs is 1. The highest BCUT2D eigenvalue weighted by molar-refractivity contribution is 6.06. The molecule has 0 aliphatic carbocycles. The van der Waals surface area contributed by atoms with Gasteiger partial charge in [-0.1, -0.05) is 38.7 Å². The van der Waals surface area contributed by atoms with Crippen LogP contribution in [-0.2, 0) is 25.8 Å². The number of amides is 3. The summed E-state index contributed by atoms with van der Waals surface area (Å²) in [5.74, 6) is -1.38. The molecule has 0 radical (unpaired) electrons. The molecule has 1 atom stereocenters. The molecule has 2 heterocycles. The van der Waals surface area contributed by atoms with Crippen LogP contribution < -0.4 is 10.8 Å². The summed E-state index contributed by atoms with van der Waals surface area (Å²) in [6.45, 7) is 2.36. The number of rotatable bonds is 9. The van der Waals surface area contributed by atoms with Crippen molar-refractivity contribution in [2.75, 3.05) is 5.48 Å². The zero-order valence-electron chi connectivity index (χ0n) is 16.7. The largest absolute Gasteiger partial charge is 0.343 e. The normalized spacial score (nSPS) is 18.4. The topological polar surface area (TPSA) is 105 Å². The summed E-state index contributed by atoms with van der Waals surface area (Å²) in [6.07, 6.45) is 6.07. The summed E-state index contributed by atoms with van der Waals surface area (Å²) in [4.78, 5) is 54.9. The molecule has 3 amide bonds. The minimum atomic E-state index is -0.675. The van der Waals surface area contributed by atoms with E-state index in [9.17, 15) is 19.2 Å². The summed E-state index contributed by atoms with van der Waals surface area (Å²) in [6, 6.07) is 4.44. The van der Waals surface area contributed by atoms with Gasteiger partial charge in [0.2, 0.25) is 11.8 Å². The van der Waals surface area contributed by atoms with E-state index in [1.807, 2.05) is 0 Å². The fourth-order valence-corrected chi connectivity index (χ4v) is 3.72. The Balaban J connectivity index is 1.58. The van der Waals surface area contributed by atoms with Gasteiger partial charge in [-0.15, -0.1) is 0 Å². The molecule has 1 aromatic carbocycles. The maximum Gasteiger partial charge on any atom is 0.332 e. The monoisotopic (exact) mass is 401 g/mol. The van der Waals surface area contributed by atoms with Gasteiger partial charge in [-0.3, -0.25) is 19.7 Å². The molecule has 1 fully saturated rings. The van der Waals surface area contributed by atoms with Crippen molar-refractivity contribution >= 4 is 29.4 Å². The first kappa shape index (κ1) is 20.8. The van der Waals surface area contributed by atoms with Gasteiger partial charge in [0.05, 0.1) is 5.69 Å². The van der Waals surface area contributed by atoms with Gasteiger partial charge in [0.25, 0.3) is 5.91 Å². The number of unbranched alkanes of at least 4 members (excludes halogenated alkanes) is 4. The summed E-state index contributed by atoms with van der Waals surface area (Å²) < 4.78 is 0. The summed E-state index contributed by atoms with van der Waals surface area (Å²) in [5.41, 5.74) is 4.35. The maximum absolute atomic E-state index is 12.8. The van der Waals surface area contributed by atoms with Crippen molar-refractivity contribution in [3.8, 4) is 0 Å². The Morgan fingerprint density at radius 2 is 2.00 bits per heavy atom. The van der Waals surface area contributed by atoms with Gasteiger partial charge < -0.3 is 9.74 Å². The van der Waals surface area contributed by atoms with Gasteiger partial charge in [0, 0.05) is 30.5 Å². The number of benzene rings is 1. The number of hydrogen-bond acceptors (Lipinski definition) is 6. The third kappa shape index (κ3) is 4.93. The lowest BCUT2D eigenvalue weighted by Crippen LogP contribution is -2.52. The van der Waals surface area contributed by atoms with E-state index >= 15 is 0 Å². The average Bonchev–Trinajstić information content (AvgIpc) is 3.03. The van der Waals surface area contributed by atoms with Crippen molar-refractivity contribution in [3.05, 3.63) is 29.3 Å². The van der Waals surface area contributed by atoms with Crippen LogP contribution in [0.4, 0.5) is 5.69 Å². The Kier molecular flexibility index (Phi) is 6.85. The van der Waals surface area contributed by atoms with Crippen LogP contribution in [0, 0.1) is 0 Å². The number of carbonyl (C=O) groups is 4. The fraction of sp³-hybridized carbons (Fsp3) is 0.524. The SMILES string of the molecule is CCCCCCCC(=O)ONc1cccc2c1CN(C1CCC(=O)NC1=O)C2=O. The van der Waals surface area contributed by atoms with E-state index in [2.05, 4.69) is 17.7 Å². The Morgan fingerprint density at radius 1 is 1.21 bits per heavy atom. The Hall–Kier alpha value is -2.90. The molecule has 3 rings (SSSR count). The van der Waals surface area contributed by atoms with Crippen molar-refractivity contribution < 1.29 is 24.0 Å². The smallest absolute Gasteiger partial charge is 0.332 e. The number of nitrogens with zero attached hydrogens (tertiary/aromatic N) is 1. The zero-order valence-corrected chi connectivity index (χ0v) is 16.7. The van der Waals surface area contributed by atoms with Crippen LogP contribution in [-0.4, -0.2) is 34.6 Å². The molecule has 0 saturated carbocycles. The lowest BCUT2D eigenvalue weighted by atomic mass is 10.0. The van der Waals surface area contributed by atoms with Gasteiger partial charge in [0.15, 0.2) is 0 Å². The standard InChI is InChI=1S/C21H27N3O5/c1-2-3-4-5-6-10-19(26)29-23-16-9-7-8-14-15(16)13-24(21(14)28)17-11-12-18(25)22-20(17)27/h7-9,17,23H,2-6,10-13H2,1H3,(H,22,25,27). The van der Waals surface area contributed by atoms with E-state index in [1.54, 1.807) is 18.2 Å². The second kappa shape index (κ2) is 9.54. The summed E-state index contributed by atoms with van der Waals surface area (Å²) in [5, 5.41) is 2.28. The predicted octanol–water partition coefficient (Wildman–Crippen LogP) is 2.68. The van der Waals surface area contributed by atoms with Crippen molar-refractivity contribution in [3.63, 3.8) is 0 Å². The molecule has 1 unspecified atom stereocenters. The lowest BCUT2D eigenvalue weighted by molar-refractivity contribution is -0.141. The van der Waals surface area contributed by atoms with Crippen molar-refractivity contribution in [2.24, 2.45) is 0 Å². The quantitative estimate of drug-likeness (QED) is 0.374. The molecular formula is C21H27N3O5. The summed E-state index contributed by atoms with van der Waals surface area (Å²) in [7, 11) is 0. The first-order valence-corrected chi connectivity index (χ1v) is 10.2. The van der Waals surface area contributed by atoms with E-state index in [0.29, 0.717) is 29.7 Å². The first-order valence-electron chi connectivity index (χ1n) is 10.2. The highest BCUT2D eigenvalue weighted by atomic mass is 16.7. The second-order valence-corrected chi connectivity index (χ2v) is 7.47. The van der Waals surface area contributed by atoms with Crippen LogP contribution in [0.2, 0.25) is 0 Å². The van der Waals surface area contributed by atoms with Crippen molar-refractivity contribution in [2.45, 2.75) is 70.9 Å². The van der Waals surface area contributed by atoms with E-state index in [4.69, 9.17) is 4.84 Å². The number of carbonyl (C=O) groups excluding carboxylic acids is 4. The van der Waals surface area contributed by atoms with Crippen LogP contribution in [0.5, 0.6) is 0 Å². The first-order chi connectivity index (χ1) is 14.0. The van der Waals surface area contributed by atoms with Crippen LogP contribution in [0.3, 0.4) is 0 Å². The van der Waals surface area contributed by atoms with E-state index in [-0.39, 0.29) is 30.7 Å². The highest BCUT2D eigenvalue weighted by Gasteiger charge is 2.39. The zero-order chi connectivity index (χ0) is 20.8. The van der Waals surface area contributed by atoms with Gasteiger partial charge in [-0.2, -0.15) is 0 Å². The Labute approximate surface area is 169 Å². The van der Waals surface area contributed by atoms with E-state index in [1.165, 1.54) is 11.3 Å². The number of imide groups is 1. The van der Waals surface area contributed by atoms with Crippen molar-refractivity contribution in [1.29, 1.82) is 0 Å². The minimum absolute atomic E-state index is 0.206. The van der Waals surface area contributed by atoms with E-state index < -0.39 is 11.9 Å². The number of anilines is 1. The fourth-order valence-electron chi connectivity index (χ4n) is 3.72. The van der Waals surface area contributed by atoms with Crippen LogP contribution in [0.1, 0.15) is 74.2 Å². The van der Waals surface area contributed by atoms with Gasteiger partial charge >= 0.3 is 5.97 Å². The number of nitrogens with one attached hydrogen (secondary N) is 2. The molecule has 2 aliphatic heterocycles. The molecule has 0 aromatic heterocycles. The van der Waals surface area contributed by atoms with Gasteiger partial charge in [-0.05, 0) is 25.0 Å². The maximum atomic E-state index is 12.8. The van der Waals surface area contributed by atoms with Crippen LogP contribution in [0.15, 0.2) is 18.2 Å². The van der Waals surface area contributed by atoms with E-state index in [0.717, 1.165) is 25.7 Å². The Bertz CT molecular complexity index is 808. The van der Waals surface area contributed by atoms with Gasteiger partial charge in [-0.25, -0.2) is 10.3 Å². The molecule has 8 nitrogen and oxygen atoms in total. The minimum Gasteiger partial charge on any atom is -0.343 e. The molecule has 1 aromatic rings. The van der Waals surface area contributed by atoms with Gasteiger partial charge in [0.1, 0.15) is 6.04 Å². The molecule has 1 saturated heterocycles. The molecule has 2 N–H and O–H groups in total. The second-order valence-electron chi connectivity index (χ2n) is 7.47. The van der Waals surface area contributed by atoms with Crippen LogP contribution in [0.25, 0.3) is 0 Å². The third-order valence-corrected chi connectivity index (χ3v) is 5.34. The molecule has 29 heavy (non-hydrogen) atoms. The highest BCUT2D eigenvalue weighted by Crippen LogP contribution is 2.32. The predicted molar refractivity (Wildman–Crippen MR) is 106 cm³/mol. The molecule has 0 bridgehead atoms. The molecule has 8 heteroatoms. The molecular weight excluding hydrogens is 374 g/mol. The van der Waals surface area contributed by atoms with Crippen LogP contribution >= 0.6 is 0 Å². The number of hydrogen-bond donors (Lipinski definition) is 2.